The zero-order valence-electron chi connectivity index (χ0n) is 9.59. The molecule has 2 fully saturated rings. The molecule has 6 heteroatoms. The zero-order valence-corrected chi connectivity index (χ0v) is 9.59. The summed E-state index contributed by atoms with van der Waals surface area (Å²) < 4.78 is 0. The van der Waals surface area contributed by atoms with Gasteiger partial charge in [-0.05, 0) is 6.42 Å². The number of nitrogens with zero attached hydrogens (tertiary/aromatic N) is 2. The quantitative estimate of drug-likeness (QED) is 0.650. The molecule has 1 atom stereocenters. The highest BCUT2D eigenvalue weighted by atomic mass is 16.3. The lowest BCUT2D eigenvalue weighted by Gasteiger charge is -2.18. The van der Waals surface area contributed by atoms with E-state index >= 15 is 0 Å². The Morgan fingerprint density at radius 2 is 1.94 bits per heavy atom. The second-order valence-corrected chi connectivity index (χ2v) is 4.47. The van der Waals surface area contributed by atoms with Crippen LogP contribution in [-0.2, 0) is 14.4 Å². The van der Waals surface area contributed by atoms with Gasteiger partial charge >= 0.3 is 0 Å². The van der Waals surface area contributed by atoms with Gasteiger partial charge in [-0.1, -0.05) is 0 Å². The van der Waals surface area contributed by atoms with Crippen molar-refractivity contribution >= 4 is 17.7 Å². The molecule has 3 amide bonds. The SMILES string of the molecule is O=C(CCN1C(=O)CCC1=O)N1CCC(O)C1. The second kappa shape index (κ2) is 4.83. The lowest BCUT2D eigenvalue weighted by Crippen LogP contribution is -2.35. The number of aliphatic hydroxyl groups is 1. The fourth-order valence-corrected chi connectivity index (χ4v) is 2.21. The standard InChI is InChI=1S/C11H16N2O4/c14-8-3-5-12(7-8)9(15)4-6-13-10(16)1-2-11(13)17/h8,14H,1-7H2. The van der Waals surface area contributed by atoms with Crippen molar-refractivity contribution in [1.82, 2.24) is 9.80 Å². The monoisotopic (exact) mass is 240 g/mol. The van der Waals surface area contributed by atoms with Crippen molar-refractivity contribution in [2.45, 2.75) is 31.8 Å². The number of carbonyl (C=O) groups is 3. The first kappa shape index (κ1) is 12.0. The number of β-amino-alcohol motifs (C(OH)–C–C–N with tert-alkyl or cyclic N) is 1. The van der Waals surface area contributed by atoms with E-state index in [1.807, 2.05) is 0 Å². The highest BCUT2D eigenvalue weighted by molar-refractivity contribution is 6.02. The van der Waals surface area contributed by atoms with E-state index in [0.29, 0.717) is 19.5 Å². The van der Waals surface area contributed by atoms with Gasteiger partial charge < -0.3 is 10.0 Å². The van der Waals surface area contributed by atoms with Crippen molar-refractivity contribution in [2.24, 2.45) is 0 Å². The molecule has 2 saturated heterocycles. The zero-order chi connectivity index (χ0) is 12.4. The Hall–Kier alpha value is -1.43. The van der Waals surface area contributed by atoms with E-state index in [4.69, 9.17) is 0 Å². The molecule has 0 aromatic rings. The maximum absolute atomic E-state index is 11.7. The molecule has 0 aromatic heterocycles. The van der Waals surface area contributed by atoms with Crippen LogP contribution in [0.4, 0.5) is 0 Å². The molecule has 1 unspecified atom stereocenters. The average molecular weight is 240 g/mol. The van der Waals surface area contributed by atoms with Gasteiger partial charge in [0.1, 0.15) is 0 Å². The molecule has 0 bridgehead atoms. The van der Waals surface area contributed by atoms with E-state index in [-0.39, 0.29) is 43.5 Å². The first-order valence-corrected chi connectivity index (χ1v) is 5.87. The average Bonchev–Trinajstić information content (AvgIpc) is 2.84. The first-order chi connectivity index (χ1) is 8.08. The number of imide groups is 1. The normalized spacial score (nSPS) is 24.9. The molecule has 0 radical (unpaired) electrons. The van der Waals surface area contributed by atoms with Crippen LogP contribution in [0.15, 0.2) is 0 Å². The van der Waals surface area contributed by atoms with Gasteiger partial charge in [0, 0.05) is 38.9 Å². The van der Waals surface area contributed by atoms with E-state index < -0.39 is 6.10 Å². The third-order valence-electron chi connectivity index (χ3n) is 3.22. The number of rotatable bonds is 3. The van der Waals surface area contributed by atoms with Gasteiger partial charge in [0.2, 0.25) is 17.7 Å². The van der Waals surface area contributed by atoms with E-state index in [0.717, 1.165) is 4.90 Å². The van der Waals surface area contributed by atoms with E-state index in [1.54, 1.807) is 4.90 Å². The molecule has 2 rings (SSSR count). The Balaban J connectivity index is 1.80. The third-order valence-corrected chi connectivity index (χ3v) is 3.22. The van der Waals surface area contributed by atoms with Crippen LogP contribution in [0.1, 0.15) is 25.7 Å². The number of hydrogen-bond acceptors (Lipinski definition) is 4. The summed E-state index contributed by atoms with van der Waals surface area (Å²) in [5.74, 6) is -0.484. The van der Waals surface area contributed by atoms with Crippen LogP contribution in [0.3, 0.4) is 0 Å². The van der Waals surface area contributed by atoms with Gasteiger partial charge in [-0.2, -0.15) is 0 Å². The highest BCUT2D eigenvalue weighted by Crippen LogP contribution is 2.14. The lowest BCUT2D eigenvalue weighted by molar-refractivity contribution is -0.139. The molecule has 6 nitrogen and oxygen atoms in total. The van der Waals surface area contributed by atoms with Gasteiger partial charge in [-0.3, -0.25) is 19.3 Å². The molecule has 0 spiro atoms. The Bertz CT molecular complexity index is 339. The van der Waals surface area contributed by atoms with E-state index in [2.05, 4.69) is 0 Å². The van der Waals surface area contributed by atoms with Crippen LogP contribution in [0, 0.1) is 0 Å². The number of hydrogen-bond donors (Lipinski definition) is 1. The Morgan fingerprint density at radius 1 is 1.29 bits per heavy atom. The minimum absolute atomic E-state index is 0.103. The third kappa shape index (κ3) is 2.63. The van der Waals surface area contributed by atoms with E-state index in [9.17, 15) is 19.5 Å². The summed E-state index contributed by atoms with van der Waals surface area (Å²) in [6.07, 6.45) is 0.844. The summed E-state index contributed by atoms with van der Waals surface area (Å²) in [5.41, 5.74) is 0. The number of likely N-dealkylation sites (tertiary alicyclic amines) is 2. The van der Waals surface area contributed by atoms with Crippen molar-refractivity contribution < 1.29 is 19.5 Å². The lowest BCUT2D eigenvalue weighted by atomic mass is 10.3. The minimum atomic E-state index is -0.436. The molecule has 94 valence electrons. The van der Waals surface area contributed by atoms with Crippen LogP contribution < -0.4 is 0 Å². The van der Waals surface area contributed by atoms with Crippen molar-refractivity contribution in [1.29, 1.82) is 0 Å². The smallest absolute Gasteiger partial charge is 0.229 e. The molecule has 0 aliphatic carbocycles. The molecule has 2 heterocycles. The Labute approximate surface area is 99.2 Å². The maximum Gasteiger partial charge on any atom is 0.229 e. The Kier molecular flexibility index (Phi) is 3.42. The Morgan fingerprint density at radius 3 is 2.47 bits per heavy atom. The summed E-state index contributed by atoms with van der Waals surface area (Å²) >= 11 is 0. The number of aliphatic hydroxyl groups excluding tert-OH is 1. The van der Waals surface area contributed by atoms with Crippen molar-refractivity contribution in [2.75, 3.05) is 19.6 Å². The van der Waals surface area contributed by atoms with Crippen molar-refractivity contribution in [3.63, 3.8) is 0 Å². The van der Waals surface area contributed by atoms with Crippen LogP contribution in [0.25, 0.3) is 0 Å². The minimum Gasteiger partial charge on any atom is -0.391 e. The van der Waals surface area contributed by atoms with Crippen molar-refractivity contribution in [3.8, 4) is 0 Å². The largest absolute Gasteiger partial charge is 0.391 e. The number of amides is 3. The predicted octanol–water partition coefficient (Wildman–Crippen LogP) is -0.881. The summed E-state index contributed by atoms with van der Waals surface area (Å²) in [7, 11) is 0. The van der Waals surface area contributed by atoms with Crippen LogP contribution in [0.2, 0.25) is 0 Å². The van der Waals surface area contributed by atoms with Crippen LogP contribution in [-0.4, -0.2) is 58.4 Å². The molecule has 17 heavy (non-hydrogen) atoms. The second-order valence-electron chi connectivity index (χ2n) is 4.47. The molecule has 1 N–H and O–H groups in total. The van der Waals surface area contributed by atoms with Gasteiger partial charge in [0.15, 0.2) is 0 Å². The fourth-order valence-electron chi connectivity index (χ4n) is 2.21. The molecule has 2 aliphatic rings. The summed E-state index contributed by atoms with van der Waals surface area (Å²) in [4.78, 5) is 37.1. The molecular weight excluding hydrogens is 224 g/mol. The first-order valence-electron chi connectivity index (χ1n) is 5.87. The summed E-state index contributed by atoms with van der Waals surface area (Å²) in [6, 6.07) is 0. The van der Waals surface area contributed by atoms with Crippen LogP contribution >= 0.6 is 0 Å². The van der Waals surface area contributed by atoms with Gasteiger partial charge in [0.25, 0.3) is 0 Å². The predicted molar refractivity (Wildman–Crippen MR) is 57.8 cm³/mol. The van der Waals surface area contributed by atoms with Crippen molar-refractivity contribution in [3.05, 3.63) is 0 Å². The topological polar surface area (TPSA) is 77.9 Å². The fraction of sp³-hybridized carbons (Fsp3) is 0.727. The van der Waals surface area contributed by atoms with Gasteiger partial charge in [-0.15, -0.1) is 0 Å². The molecule has 0 aromatic carbocycles. The number of carbonyl (C=O) groups excluding carboxylic acids is 3. The maximum atomic E-state index is 11.7. The van der Waals surface area contributed by atoms with E-state index in [1.165, 1.54) is 0 Å². The summed E-state index contributed by atoms with van der Waals surface area (Å²) in [6.45, 7) is 1.09. The molecule has 0 saturated carbocycles. The van der Waals surface area contributed by atoms with Gasteiger partial charge in [0.05, 0.1) is 6.10 Å². The highest BCUT2D eigenvalue weighted by Gasteiger charge is 2.30. The molecule has 2 aliphatic heterocycles. The summed E-state index contributed by atoms with van der Waals surface area (Å²) in [5, 5.41) is 9.30. The van der Waals surface area contributed by atoms with Crippen LogP contribution in [0.5, 0.6) is 0 Å². The van der Waals surface area contributed by atoms with Gasteiger partial charge in [-0.25, -0.2) is 0 Å². The molecular formula is C11H16N2O4.